The van der Waals surface area contributed by atoms with Gasteiger partial charge in [-0.25, -0.2) is 0 Å². The van der Waals surface area contributed by atoms with E-state index >= 15 is 0 Å². The second-order valence-electron chi connectivity index (χ2n) is 7.68. The van der Waals surface area contributed by atoms with Crippen molar-refractivity contribution in [2.24, 2.45) is 11.8 Å². The quantitative estimate of drug-likeness (QED) is 0.698. The molecule has 0 radical (unpaired) electrons. The van der Waals surface area contributed by atoms with E-state index in [9.17, 15) is 14.4 Å². The van der Waals surface area contributed by atoms with Gasteiger partial charge < -0.3 is 19.6 Å². The van der Waals surface area contributed by atoms with Crippen LogP contribution in [0.5, 0.6) is 0 Å². The molecule has 2 heterocycles. The Labute approximate surface area is 156 Å². The molecule has 2 saturated heterocycles. The van der Waals surface area contributed by atoms with Crippen LogP contribution < -0.4 is 0 Å². The Hall–Kier alpha value is -1.47. The minimum Gasteiger partial charge on any atom is -0.340 e. The smallest absolute Gasteiger partial charge is 0.227 e. The summed E-state index contributed by atoms with van der Waals surface area (Å²) in [5.74, 6) is -0.824. The Morgan fingerprint density at radius 2 is 1.08 bits per heavy atom. The Bertz CT molecular complexity index is 491. The molecule has 7 nitrogen and oxygen atoms in total. The van der Waals surface area contributed by atoms with Crippen molar-refractivity contribution in [3.05, 3.63) is 0 Å². The maximum Gasteiger partial charge on any atom is 0.227 e. The molecule has 26 heavy (non-hydrogen) atoms. The number of ketones is 1. The topological polar surface area (TPSA) is 64.2 Å². The van der Waals surface area contributed by atoms with Gasteiger partial charge in [0.15, 0.2) is 0 Å². The molecule has 0 N–H and O–H groups in total. The van der Waals surface area contributed by atoms with Crippen molar-refractivity contribution in [2.45, 2.75) is 26.7 Å². The molecular formula is C19H32N4O3. The van der Waals surface area contributed by atoms with Crippen LogP contribution in [0.25, 0.3) is 0 Å². The number of piperazine rings is 2. The molecule has 0 aromatic heterocycles. The van der Waals surface area contributed by atoms with Crippen LogP contribution in [0.4, 0.5) is 0 Å². The van der Waals surface area contributed by atoms with Crippen molar-refractivity contribution >= 4 is 17.6 Å². The summed E-state index contributed by atoms with van der Waals surface area (Å²) in [6.07, 6.45) is 0.469. The van der Waals surface area contributed by atoms with Crippen molar-refractivity contribution in [1.29, 1.82) is 0 Å². The van der Waals surface area contributed by atoms with Crippen LogP contribution in [0.3, 0.4) is 0 Å². The summed E-state index contributed by atoms with van der Waals surface area (Å²) in [6, 6.07) is 0. The monoisotopic (exact) mass is 364 g/mol. The fraction of sp³-hybridized carbons (Fsp3) is 0.842. The summed E-state index contributed by atoms with van der Waals surface area (Å²) in [5, 5.41) is 0. The number of nitrogens with zero attached hydrogens (tertiary/aromatic N) is 4. The van der Waals surface area contributed by atoms with E-state index in [1.165, 1.54) is 0 Å². The summed E-state index contributed by atoms with van der Waals surface area (Å²) in [6.45, 7) is 12.5. The van der Waals surface area contributed by atoms with Gasteiger partial charge in [0, 0.05) is 65.2 Å². The summed E-state index contributed by atoms with van der Waals surface area (Å²) < 4.78 is 0. The third kappa shape index (κ3) is 4.09. The molecule has 0 aromatic carbocycles. The van der Waals surface area contributed by atoms with Crippen LogP contribution in [-0.2, 0) is 14.4 Å². The minimum absolute atomic E-state index is 0.0112. The molecule has 3 aliphatic rings. The van der Waals surface area contributed by atoms with Crippen molar-refractivity contribution in [2.75, 3.05) is 65.4 Å². The molecule has 0 aromatic rings. The van der Waals surface area contributed by atoms with Gasteiger partial charge in [-0.3, -0.25) is 14.4 Å². The van der Waals surface area contributed by atoms with Gasteiger partial charge in [0.2, 0.25) is 11.8 Å². The van der Waals surface area contributed by atoms with Crippen molar-refractivity contribution < 1.29 is 14.4 Å². The molecule has 3 fully saturated rings. The number of amides is 2. The van der Waals surface area contributed by atoms with Crippen molar-refractivity contribution in [1.82, 2.24) is 19.6 Å². The number of likely N-dealkylation sites (N-methyl/N-ethyl adjacent to an activating group) is 2. The van der Waals surface area contributed by atoms with E-state index in [0.29, 0.717) is 26.2 Å². The number of rotatable bonds is 4. The Balaban J connectivity index is 1.62. The van der Waals surface area contributed by atoms with Crippen molar-refractivity contribution in [3.63, 3.8) is 0 Å². The highest BCUT2D eigenvalue weighted by Crippen LogP contribution is 2.33. The maximum atomic E-state index is 13.0. The van der Waals surface area contributed by atoms with Gasteiger partial charge in [-0.1, -0.05) is 13.8 Å². The lowest BCUT2D eigenvalue weighted by Gasteiger charge is -2.38. The van der Waals surface area contributed by atoms with Gasteiger partial charge in [0.1, 0.15) is 5.78 Å². The standard InChI is InChI=1S/C19H32N4O3/c1-3-20-5-9-22(10-6-20)18(25)16-13-15(24)14-17(16)19(26)23-11-7-21(4-2)8-12-23/h16-17H,3-14H2,1-2H3/t16-,17-/m0/s1. The van der Waals surface area contributed by atoms with Crippen LogP contribution in [-0.4, -0.2) is 103 Å². The van der Waals surface area contributed by atoms with E-state index in [2.05, 4.69) is 23.6 Å². The van der Waals surface area contributed by atoms with E-state index in [1.54, 1.807) is 0 Å². The SMILES string of the molecule is CCN1CCN(C(=O)[C@H]2CC(=O)C[C@@H]2C(=O)N2CCN(CC)CC2)CC1. The summed E-state index contributed by atoms with van der Waals surface area (Å²) in [7, 11) is 0. The second kappa shape index (κ2) is 8.48. The molecule has 0 spiro atoms. The van der Waals surface area contributed by atoms with Gasteiger partial charge in [-0.05, 0) is 13.1 Å². The summed E-state index contributed by atoms with van der Waals surface area (Å²) in [4.78, 5) is 46.5. The van der Waals surface area contributed by atoms with Gasteiger partial charge >= 0.3 is 0 Å². The van der Waals surface area contributed by atoms with E-state index in [4.69, 9.17) is 0 Å². The van der Waals surface area contributed by atoms with Crippen LogP contribution >= 0.6 is 0 Å². The zero-order valence-electron chi connectivity index (χ0n) is 16.2. The van der Waals surface area contributed by atoms with E-state index < -0.39 is 11.8 Å². The molecule has 146 valence electrons. The highest BCUT2D eigenvalue weighted by atomic mass is 16.2. The highest BCUT2D eigenvalue weighted by Gasteiger charge is 2.45. The first-order valence-corrected chi connectivity index (χ1v) is 10.1. The minimum atomic E-state index is -0.451. The maximum absolute atomic E-state index is 13.0. The van der Waals surface area contributed by atoms with Crippen molar-refractivity contribution in [3.8, 4) is 0 Å². The zero-order chi connectivity index (χ0) is 18.7. The number of hydrogen-bond donors (Lipinski definition) is 0. The largest absolute Gasteiger partial charge is 0.340 e. The molecule has 3 rings (SSSR count). The summed E-state index contributed by atoms with van der Waals surface area (Å²) >= 11 is 0. The lowest BCUT2D eigenvalue weighted by atomic mass is 9.92. The first-order chi connectivity index (χ1) is 12.5. The second-order valence-corrected chi connectivity index (χ2v) is 7.68. The molecule has 2 atom stereocenters. The van der Waals surface area contributed by atoms with Crippen LogP contribution in [0.15, 0.2) is 0 Å². The number of carbonyl (C=O) groups excluding carboxylic acids is 3. The molecule has 7 heteroatoms. The first kappa shape index (κ1) is 19.3. The number of Topliss-reactive ketones (excluding diaryl/α,β-unsaturated/α-hetero) is 1. The average Bonchev–Trinajstić information content (AvgIpc) is 3.08. The van der Waals surface area contributed by atoms with Gasteiger partial charge in [0.25, 0.3) is 0 Å². The Kier molecular flexibility index (Phi) is 6.29. The van der Waals surface area contributed by atoms with E-state index in [1.807, 2.05) is 9.80 Å². The normalized spacial score (nSPS) is 28.6. The van der Waals surface area contributed by atoms with Gasteiger partial charge in [-0.15, -0.1) is 0 Å². The fourth-order valence-corrected chi connectivity index (χ4v) is 4.42. The average molecular weight is 364 g/mol. The zero-order valence-corrected chi connectivity index (χ0v) is 16.2. The Morgan fingerprint density at radius 1 is 0.731 bits per heavy atom. The predicted molar refractivity (Wildman–Crippen MR) is 98.6 cm³/mol. The molecule has 2 amide bonds. The van der Waals surface area contributed by atoms with Crippen LogP contribution in [0, 0.1) is 11.8 Å². The number of hydrogen-bond acceptors (Lipinski definition) is 5. The molecule has 1 aliphatic carbocycles. The fourth-order valence-electron chi connectivity index (χ4n) is 4.42. The predicted octanol–water partition coefficient (Wildman–Crippen LogP) is -0.0901. The van der Waals surface area contributed by atoms with Crippen LogP contribution in [0.1, 0.15) is 26.7 Å². The lowest BCUT2D eigenvalue weighted by Crippen LogP contribution is -2.53. The lowest BCUT2D eigenvalue weighted by molar-refractivity contribution is -0.147. The molecule has 0 unspecified atom stereocenters. The first-order valence-electron chi connectivity index (χ1n) is 10.1. The van der Waals surface area contributed by atoms with E-state index in [-0.39, 0.29) is 30.4 Å². The van der Waals surface area contributed by atoms with Gasteiger partial charge in [-0.2, -0.15) is 0 Å². The van der Waals surface area contributed by atoms with Crippen LogP contribution in [0.2, 0.25) is 0 Å². The summed E-state index contributed by atoms with van der Waals surface area (Å²) in [5.41, 5.74) is 0. The highest BCUT2D eigenvalue weighted by molar-refractivity contribution is 5.98. The third-order valence-corrected chi connectivity index (χ3v) is 6.28. The molecule has 2 aliphatic heterocycles. The number of carbonyl (C=O) groups is 3. The third-order valence-electron chi connectivity index (χ3n) is 6.28. The van der Waals surface area contributed by atoms with E-state index in [0.717, 1.165) is 39.3 Å². The molecular weight excluding hydrogens is 332 g/mol. The molecule has 0 bridgehead atoms. The molecule has 1 saturated carbocycles. The Morgan fingerprint density at radius 3 is 1.38 bits per heavy atom. The van der Waals surface area contributed by atoms with Gasteiger partial charge in [0.05, 0.1) is 11.8 Å².